The van der Waals surface area contributed by atoms with Crippen LogP contribution in [0.5, 0.6) is 0 Å². The third kappa shape index (κ3) is 4.91. The highest BCUT2D eigenvalue weighted by Crippen LogP contribution is 2.39. The van der Waals surface area contributed by atoms with Crippen LogP contribution in [0.15, 0.2) is 72.8 Å². The molecular weight excluding hydrogens is 392 g/mol. The second-order valence-corrected chi connectivity index (χ2v) is 13.1. The van der Waals surface area contributed by atoms with Crippen molar-refractivity contribution in [3.05, 3.63) is 72.8 Å². The summed E-state index contributed by atoms with van der Waals surface area (Å²) in [5, 5.41) is 2.49. The van der Waals surface area contributed by atoms with Gasteiger partial charge in [0.2, 0.25) is 0 Å². The van der Waals surface area contributed by atoms with Crippen LogP contribution in [-0.4, -0.2) is 39.7 Å². The molecule has 0 unspecified atom stereocenters. The predicted molar refractivity (Wildman–Crippen MR) is 123 cm³/mol. The molecule has 5 heteroatoms. The third-order valence-electron chi connectivity index (χ3n) is 5.60. The highest BCUT2D eigenvalue weighted by atomic mass is 28.4. The third-order valence-corrected chi connectivity index (χ3v) is 10.8. The van der Waals surface area contributed by atoms with E-state index < -0.39 is 8.32 Å². The number of ether oxygens (including phenoxy) is 2. The molecule has 0 aliphatic carbocycles. The average Bonchev–Trinajstić information content (AvgIpc) is 3.48. The molecule has 3 rings (SSSR count). The SMILES string of the molecule is COC(=O)/C=C/[C@@H]1O[C@H]1C[C@@H](C)O[Si](c1ccccc1)(c1ccccc1)C(C)(C)C. The van der Waals surface area contributed by atoms with Crippen LogP contribution in [0, 0.1) is 0 Å². The van der Waals surface area contributed by atoms with Gasteiger partial charge in [0.1, 0.15) is 6.10 Å². The number of carbonyl (C=O) groups is 1. The van der Waals surface area contributed by atoms with Gasteiger partial charge in [0.05, 0.1) is 13.2 Å². The summed E-state index contributed by atoms with van der Waals surface area (Å²) in [7, 11) is -1.19. The van der Waals surface area contributed by atoms with Gasteiger partial charge in [-0.25, -0.2) is 4.79 Å². The van der Waals surface area contributed by atoms with E-state index in [-0.39, 0.29) is 29.3 Å². The minimum Gasteiger partial charge on any atom is -0.466 e. The number of rotatable bonds is 8. The number of hydrogen-bond donors (Lipinski definition) is 0. The predicted octanol–water partition coefficient (Wildman–Crippen LogP) is 3.84. The first-order valence-electron chi connectivity index (χ1n) is 10.5. The Morgan fingerprint density at radius 3 is 2.07 bits per heavy atom. The second kappa shape index (κ2) is 9.29. The van der Waals surface area contributed by atoms with Gasteiger partial charge >= 0.3 is 5.97 Å². The lowest BCUT2D eigenvalue weighted by Gasteiger charge is -2.44. The van der Waals surface area contributed by atoms with E-state index in [0.29, 0.717) is 0 Å². The Hall–Kier alpha value is -2.21. The number of epoxide rings is 1. The fraction of sp³-hybridized carbons (Fsp3) is 0.400. The van der Waals surface area contributed by atoms with Gasteiger partial charge in [0, 0.05) is 18.6 Å². The Kier molecular flexibility index (Phi) is 6.96. The quantitative estimate of drug-likeness (QED) is 0.280. The van der Waals surface area contributed by atoms with Gasteiger partial charge in [-0.05, 0) is 28.4 Å². The molecule has 160 valence electrons. The Morgan fingerprint density at radius 1 is 1.07 bits per heavy atom. The normalized spacial score (nSPS) is 20.2. The minimum absolute atomic E-state index is 0.0119. The van der Waals surface area contributed by atoms with Gasteiger partial charge in [-0.3, -0.25) is 0 Å². The summed E-state index contributed by atoms with van der Waals surface area (Å²) < 4.78 is 17.4. The zero-order chi connectivity index (χ0) is 21.8. The lowest BCUT2D eigenvalue weighted by atomic mass is 10.1. The van der Waals surface area contributed by atoms with Crippen LogP contribution in [0.25, 0.3) is 0 Å². The Morgan fingerprint density at radius 2 is 1.60 bits per heavy atom. The molecule has 1 aliphatic rings. The van der Waals surface area contributed by atoms with Gasteiger partial charge in [-0.15, -0.1) is 0 Å². The standard InChI is InChI=1S/C25H32O4Si/c1-19(18-23-22(28-23)16-17-24(26)27-5)29-30(25(2,3)4,20-12-8-6-9-13-20)21-14-10-7-11-15-21/h6-17,19,22-23H,18H2,1-5H3/b17-16+/t19-,22+,23+/m1/s1. The molecule has 0 bridgehead atoms. The molecule has 1 heterocycles. The summed E-state index contributed by atoms with van der Waals surface area (Å²) in [4.78, 5) is 11.3. The van der Waals surface area contributed by atoms with Gasteiger partial charge in [0.15, 0.2) is 0 Å². The summed E-state index contributed by atoms with van der Waals surface area (Å²) in [6.07, 6.45) is 4.01. The first kappa shape index (κ1) is 22.5. The Bertz CT molecular complexity index is 818. The smallest absolute Gasteiger partial charge is 0.330 e. The molecule has 0 radical (unpaired) electrons. The van der Waals surface area contributed by atoms with Crippen molar-refractivity contribution in [2.24, 2.45) is 0 Å². The molecule has 1 aliphatic heterocycles. The van der Waals surface area contributed by atoms with Crippen molar-refractivity contribution >= 4 is 24.7 Å². The van der Waals surface area contributed by atoms with E-state index in [4.69, 9.17) is 9.16 Å². The van der Waals surface area contributed by atoms with E-state index in [1.807, 2.05) is 0 Å². The Labute approximate surface area is 181 Å². The Balaban J connectivity index is 1.85. The maximum Gasteiger partial charge on any atom is 0.330 e. The highest BCUT2D eigenvalue weighted by Gasteiger charge is 2.51. The summed E-state index contributed by atoms with van der Waals surface area (Å²) in [5.74, 6) is -0.360. The van der Waals surface area contributed by atoms with Crippen LogP contribution in [0.1, 0.15) is 34.1 Å². The number of methoxy groups -OCH3 is 1. The average molecular weight is 425 g/mol. The van der Waals surface area contributed by atoms with Crippen LogP contribution in [0.2, 0.25) is 5.04 Å². The van der Waals surface area contributed by atoms with Crippen molar-refractivity contribution in [2.75, 3.05) is 7.11 Å². The lowest BCUT2D eigenvalue weighted by Crippen LogP contribution is -2.67. The van der Waals surface area contributed by atoms with Crippen molar-refractivity contribution in [3.8, 4) is 0 Å². The van der Waals surface area contributed by atoms with Gasteiger partial charge in [-0.2, -0.15) is 0 Å². The van der Waals surface area contributed by atoms with Crippen LogP contribution in [0.3, 0.4) is 0 Å². The molecule has 30 heavy (non-hydrogen) atoms. The lowest BCUT2D eigenvalue weighted by molar-refractivity contribution is -0.134. The zero-order valence-corrected chi connectivity index (χ0v) is 19.5. The first-order chi connectivity index (χ1) is 14.3. The molecule has 4 nitrogen and oxygen atoms in total. The van der Waals surface area contributed by atoms with Gasteiger partial charge in [-0.1, -0.05) is 81.4 Å². The molecular formula is C25H32O4Si. The maximum absolute atomic E-state index is 11.3. The van der Waals surface area contributed by atoms with Crippen LogP contribution < -0.4 is 10.4 Å². The second-order valence-electron chi connectivity index (χ2n) is 8.85. The monoisotopic (exact) mass is 424 g/mol. The number of benzene rings is 2. The highest BCUT2D eigenvalue weighted by molar-refractivity contribution is 6.99. The number of hydrogen-bond acceptors (Lipinski definition) is 4. The van der Waals surface area contributed by atoms with E-state index in [1.54, 1.807) is 6.08 Å². The molecule has 0 amide bonds. The molecule has 0 saturated carbocycles. The van der Waals surface area contributed by atoms with E-state index in [9.17, 15) is 4.79 Å². The number of carbonyl (C=O) groups excluding carboxylic acids is 1. The zero-order valence-electron chi connectivity index (χ0n) is 18.5. The molecule has 2 aromatic carbocycles. The fourth-order valence-electron chi connectivity index (χ4n) is 4.13. The molecule has 0 aromatic heterocycles. The molecule has 1 fully saturated rings. The van der Waals surface area contributed by atoms with Crippen LogP contribution in [-0.2, 0) is 18.7 Å². The van der Waals surface area contributed by atoms with Gasteiger partial charge in [0.25, 0.3) is 8.32 Å². The molecule has 0 spiro atoms. The molecule has 0 N–H and O–H groups in total. The van der Waals surface area contributed by atoms with Crippen LogP contribution >= 0.6 is 0 Å². The van der Waals surface area contributed by atoms with Crippen molar-refractivity contribution in [3.63, 3.8) is 0 Å². The fourth-order valence-corrected chi connectivity index (χ4v) is 8.84. The summed E-state index contributed by atoms with van der Waals surface area (Å²) in [5.41, 5.74) is 0. The summed E-state index contributed by atoms with van der Waals surface area (Å²) in [6.45, 7) is 8.96. The van der Waals surface area contributed by atoms with E-state index >= 15 is 0 Å². The van der Waals surface area contributed by atoms with E-state index in [1.165, 1.54) is 23.6 Å². The van der Waals surface area contributed by atoms with E-state index in [0.717, 1.165) is 6.42 Å². The largest absolute Gasteiger partial charge is 0.466 e. The topological polar surface area (TPSA) is 48.1 Å². The maximum atomic E-state index is 11.3. The first-order valence-corrected chi connectivity index (χ1v) is 12.4. The summed E-state index contributed by atoms with van der Waals surface area (Å²) >= 11 is 0. The molecule has 1 saturated heterocycles. The van der Waals surface area contributed by atoms with Crippen molar-refractivity contribution in [2.45, 2.75) is 57.5 Å². The molecule has 3 atom stereocenters. The van der Waals surface area contributed by atoms with Crippen LogP contribution in [0.4, 0.5) is 0 Å². The van der Waals surface area contributed by atoms with Crippen molar-refractivity contribution in [1.82, 2.24) is 0 Å². The molecule has 2 aromatic rings. The van der Waals surface area contributed by atoms with Crippen molar-refractivity contribution < 1.29 is 18.7 Å². The van der Waals surface area contributed by atoms with Crippen molar-refractivity contribution in [1.29, 1.82) is 0 Å². The summed E-state index contributed by atoms with van der Waals surface area (Å²) in [6, 6.07) is 21.3. The minimum atomic E-state index is -2.56. The van der Waals surface area contributed by atoms with Gasteiger partial charge < -0.3 is 13.9 Å². The van der Waals surface area contributed by atoms with E-state index in [2.05, 4.69) is 93.1 Å². The number of esters is 1.